The van der Waals surface area contributed by atoms with E-state index >= 15 is 0 Å². The molecule has 0 amide bonds. The number of benzene rings is 1. The van der Waals surface area contributed by atoms with E-state index in [1.54, 1.807) is 6.07 Å². The summed E-state index contributed by atoms with van der Waals surface area (Å²) in [7, 11) is 0. The molecule has 1 fully saturated rings. The Kier molecular flexibility index (Phi) is 5.31. The zero-order chi connectivity index (χ0) is 13.0. The molecule has 0 heterocycles. The van der Waals surface area contributed by atoms with E-state index in [-0.39, 0.29) is 6.04 Å². The molecule has 1 saturated carbocycles. The van der Waals surface area contributed by atoms with Crippen LogP contribution >= 0.6 is 23.2 Å². The maximum Gasteiger partial charge on any atom is 0.0469 e. The van der Waals surface area contributed by atoms with Gasteiger partial charge in [0.25, 0.3) is 0 Å². The molecule has 2 nitrogen and oxygen atoms in total. The van der Waals surface area contributed by atoms with Gasteiger partial charge < -0.3 is 11.1 Å². The minimum absolute atomic E-state index is 0.123. The van der Waals surface area contributed by atoms with Crippen molar-refractivity contribution >= 4 is 23.2 Å². The average molecular weight is 287 g/mol. The second-order valence-corrected chi connectivity index (χ2v) is 5.80. The smallest absolute Gasteiger partial charge is 0.0469 e. The predicted octanol–water partition coefficient (Wildman–Crippen LogP) is 3.92. The van der Waals surface area contributed by atoms with Crippen LogP contribution in [0.5, 0.6) is 0 Å². The normalized spacial score (nSPS) is 18.8. The summed E-state index contributed by atoms with van der Waals surface area (Å²) in [5.41, 5.74) is 6.92. The minimum Gasteiger partial charge on any atom is -0.329 e. The summed E-state index contributed by atoms with van der Waals surface area (Å²) in [6.45, 7) is 0.553. The van der Waals surface area contributed by atoms with Crippen molar-refractivity contribution in [2.75, 3.05) is 6.54 Å². The van der Waals surface area contributed by atoms with E-state index < -0.39 is 0 Å². The summed E-state index contributed by atoms with van der Waals surface area (Å²) < 4.78 is 0. The van der Waals surface area contributed by atoms with E-state index in [2.05, 4.69) is 5.32 Å². The molecule has 1 aromatic carbocycles. The summed E-state index contributed by atoms with van der Waals surface area (Å²) in [5.74, 6) is 0. The van der Waals surface area contributed by atoms with Gasteiger partial charge in [0.05, 0.1) is 0 Å². The first kappa shape index (κ1) is 14.1. The number of rotatable bonds is 4. The maximum atomic E-state index is 6.24. The van der Waals surface area contributed by atoms with Crippen LogP contribution in [0.1, 0.15) is 43.7 Å². The molecule has 0 saturated heterocycles. The lowest BCUT2D eigenvalue weighted by molar-refractivity contribution is 0.340. The van der Waals surface area contributed by atoms with E-state index in [0.29, 0.717) is 22.6 Å². The lowest BCUT2D eigenvalue weighted by Gasteiger charge is -2.28. The first-order chi connectivity index (χ1) is 8.70. The van der Waals surface area contributed by atoms with Crippen molar-refractivity contribution < 1.29 is 0 Å². The monoisotopic (exact) mass is 286 g/mol. The van der Waals surface area contributed by atoms with Crippen LogP contribution in [0.4, 0.5) is 0 Å². The first-order valence-electron chi connectivity index (χ1n) is 6.62. The SMILES string of the molecule is NCC(NC1CCCCC1)c1ccc(Cl)cc1Cl. The molecular formula is C14H20Cl2N2. The van der Waals surface area contributed by atoms with Crippen molar-refractivity contribution in [3.8, 4) is 0 Å². The van der Waals surface area contributed by atoms with Crippen molar-refractivity contribution in [3.05, 3.63) is 33.8 Å². The fraction of sp³-hybridized carbons (Fsp3) is 0.571. The van der Waals surface area contributed by atoms with Gasteiger partial charge in [0.2, 0.25) is 0 Å². The van der Waals surface area contributed by atoms with Crippen LogP contribution in [0.25, 0.3) is 0 Å². The molecule has 1 aliphatic rings. The third-order valence-corrected chi connectivity index (χ3v) is 4.18. The highest BCUT2D eigenvalue weighted by Crippen LogP contribution is 2.27. The fourth-order valence-electron chi connectivity index (χ4n) is 2.62. The van der Waals surface area contributed by atoms with E-state index in [1.807, 2.05) is 12.1 Å². The number of halogens is 2. The highest BCUT2D eigenvalue weighted by atomic mass is 35.5. The minimum atomic E-state index is 0.123. The van der Waals surface area contributed by atoms with Gasteiger partial charge in [-0.25, -0.2) is 0 Å². The van der Waals surface area contributed by atoms with Gasteiger partial charge in [0, 0.05) is 28.7 Å². The average Bonchev–Trinajstić information content (AvgIpc) is 2.38. The van der Waals surface area contributed by atoms with Gasteiger partial charge in [-0.1, -0.05) is 48.5 Å². The van der Waals surface area contributed by atoms with Crippen molar-refractivity contribution in [1.82, 2.24) is 5.32 Å². The van der Waals surface area contributed by atoms with Gasteiger partial charge in [-0.2, -0.15) is 0 Å². The van der Waals surface area contributed by atoms with Crippen LogP contribution in [-0.2, 0) is 0 Å². The van der Waals surface area contributed by atoms with Gasteiger partial charge in [0.1, 0.15) is 0 Å². The molecule has 0 radical (unpaired) electrons. The highest BCUT2D eigenvalue weighted by Gasteiger charge is 2.19. The van der Waals surface area contributed by atoms with Gasteiger partial charge in [0.15, 0.2) is 0 Å². The molecule has 3 N–H and O–H groups in total. The molecule has 1 unspecified atom stereocenters. The summed E-state index contributed by atoms with van der Waals surface area (Å²) >= 11 is 12.2. The Balaban J connectivity index is 2.07. The number of hydrogen-bond donors (Lipinski definition) is 2. The molecule has 1 atom stereocenters. The predicted molar refractivity (Wildman–Crippen MR) is 78.3 cm³/mol. The van der Waals surface area contributed by atoms with Crippen LogP contribution in [0.2, 0.25) is 10.0 Å². The Hall–Kier alpha value is -0.280. The number of nitrogens with two attached hydrogens (primary N) is 1. The van der Waals surface area contributed by atoms with Crippen molar-refractivity contribution in [2.24, 2.45) is 5.73 Å². The third kappa shape index (κ3) is 3.61. The van der Waals surface area contributed by atoms with Crippen LogP contribution in [0.3, 0.4) is 0 Å². The lowest BCUT2D eigenvalue weighted by atomic mass is 9.94. The van der Waals surface area contributed by atoms with E-state index in [1.165, 1.54) is 32.1 Å². The number of nitrogens with one attached hydrogen (secondary N) is 1. The van der Waals surface area contributed by atoms with Crippen LogP contribution in [0, 0.1) is 0 Å². The second kappa shape index (κ2) is 6.76. The number of hydrogen-bond acceptors (Lipinski definition) is 2. The second-order valence-electron chi connectivity index (χ2n) is 4.96. The molecule has 1 aliphatic carbocycles. The topological polar surface area (TPSA) is 38.0 Å². The van der Waals surface area contributed by atoms with Gasteiger partial charge in [-0.3, -0.25) is 0 Å². The van der Waals surface area contributed by atoms with E-state index in [4.69, 9.17) is 28.9 Å². The lowest BCUT2D eigenvalue weighted by Crippen LogP contribution is -2.38. The molecule has 0 aromatic heterocycles. The summed E-state index contributed by atoms with van der Waals surface area (Å²) in [5, 5.41) is 4.99. The van der Waals surface area contributed by atoms with Crippen molar-refractivity contribution in [1.29, 1.82) is 0 Å². The molecule has 1 aromatic rings. The van der Waals surface area contributed by atoms with Crippen LogP contribution < -0.4 is 11.1 Å². The van der Waals surface area contributed by atoms with E-state index in [9.17, 15) is 0 Å². The molecular weight excluding hydrogens is 267 g/mol. The zero-order valence-corrected chi connectivity index (χ0v) is 12.0. The molecule has 18 heavy (non-hydrogen) atoms. The molecule has 0 bridgehead atoms. The quantitative estimate of drug-likeness (QED) is 0.881. The Morgan fingerprint density at radius 2 is 1.94 bits per heavy atom. The molecule has 4 heteroatoms. The molecule has 2 rings (SSSR count). The fourth-order valence-corrected chi connectivity index (χ4v) is 3.16. The molecule has 0 spiro atoms. The van der Waals surface area contributed by atoms with Gasteiger partial charge in [-0.05, 0) is 30.5 Å². The Labute approximate surface area is 119 Å². The van der Waals surface area contributed by atoms with Crippen molar-refractivity contribution in [3.63, 3.8) is 0 Å². The van der Waals surface area contributed by atoms with Crippen LogP contribution in [-0.4, -0.2) is 12.6 Å². The Morgan fingerprint density at radius 3 is 2.56 bits per heavy atom. The summed E-state index contributed by atoms with van der Waals surface area (Å²) in [4.78, 5) is 0. The molecule has 100 valence electrons. The van der Waals surface area contributed by atoms with Crippen LogP contribution in [0.15, 0.2) is 18.2 Å². The summed E-state index contributed by atoms with van der Waals surface area (Å²) in [6.07, 6.45) is 6.45. The first-order valence-corrected chi connectivity index (χ1v) is 7.37. The largest absolute Gasteiger partial charge is 0.329 e. The van der Waals surface area contributed by atoms with E-state index in [0.717, 1.165) is 5.56 Å². The maximum absolute atomic E-state index is 6.24. The van der Waals surface area contributed by atoms with Gasteiger partial charge in [-0.15, -0.1) is 0 Å². The van der Waals surface area contributed by atoms with Crippen molar-refractivity contribution in [2.45, 2.75) is 44.2 Å². The summed E-state index contributed by atoms with van der Waals surface area (Å²) in [6, 6.07) is 6.31. The highest BCUT2D eigenvalue weighted by molar-refractivity contribution is 6.35. The Bertz CT molecular complexity index is 389. The standard InChI is InChI=1S/C14H20Cl2N2/c15-10-6-7-12(13(16)8-10)14(9-17)18-11-4-2-1-3-5-11/h6-8,11,14,18H,1-5,9,17H2. The Morgan fingerprint density at radius 1 is 1.22 bits per heavy atom. The van der Waals surface area contributed by atoms with Gasteiger partial charge >= 0.3 is 0 Å². The molecule has 0 aliphatic heterocycles. The zero-order valence-electron chi connectivity index (χ0n) is 10.5. The third-order valence-electron chi connectivity index (χ3n) is 3.62.